The summed E-state index contributed by atoms with van der Waals surface area (Å²) in [7, 11) is 1.62. The van der Waals surface area contributed by atoms with Gasteiger partial charge in [-0.2, -0.15) is 0 Å². The first-order valence-corrected chi connectivity index (χ1v) is 6.49. The molecule has 0 spiro atoms. The van der Waals surface area contributed by atoms with Crippen LogP contribution in [0.3, 0.4) is 0 Å². The van der Waals surface area contributed by atoms with Gasteiger partial charge in [-0.05, 0) is 12.8 Å². The molecule has 0 bridgehead atoms. The van der Waals surface area contributed by atoms with Crippen LogP contribution in [-0.4, -0.2) is 50.4 Å². The van der Waals surface area contributed by atoms with Gasteiger partial charge in [-0.3, -0.25) is 4.79 Å². The summed E-state index contributed by atoms with van der Waals surface area (Å²) in [6.45, 7) is 4.12. The van der Waals surface area contributed by atoms with Gasteiger partial charge in [0.05, 0.1) is 19.1 Å². The van der Waals surface area contributed by atoms with Crippen LogP contribution in [0.5, 0.6) is 0 Å². The van der Waals surface area contributed by atoms with Crippen LogP contribution in [0.25, 0.3) is 0 Å². The average molecular weight is 275 g/mol. The number of carbonyl (C=O) groups excluding carboxylic acids is 1. The van der Waals surface area contributed by atoms with E-state index in [9.17, 15) is 4.79 Å². The van der Waals surface area contributed by atoms with Crippen molar-refractivity contribution in [3.8, 4) is 0 Å². The second kappa shape index (κ2) is 11.7. The summed E-state index contributed by atoms with van der Waals surface area (Å²) in [6.07, 6.45) is 2.06. The Morgan fingerprint density at radius 1 is 1.42 bits per heavy atom. The Morgan fingerprint density at radius 3 is 2.74 bits per heavy atom. The van der Waals surface area contributed by atoms with Crippen molar-refractivity contribution in [1.82, 2.24) is 5.32 Å². The maximum Gasteiger partial charge on any atom is 0.230 e. The first-order valence-electron chi connectivity index (χ1n) is 6.49. The standard InChI is InChI=1S/C12H25N3O4/c1-3-5-10(11(13)15-17)12(16)14-6-4-7-19-9-8-18-2/h10,17H,3-9H2,1-2H3,(H2,13,15)(H,14,16). The van der Waals surface area contributed by atoms with Crippen molar-refractivity contribution in [1.29, 1.82) is 0 Å². The Labute approximate surface area is 114 Å². The monoisotopic (exact) mass is 275 g/mol. The molecule has 4 N–H and O–H groups in total. The summed E-state index contributed by atoms with van der Waals surface area (Å²) in [4.78, 5) is 11.8. The summed E-state index contributed by atoms with van der Waals surface area (Å²) < 4.78 is 10.1. The van der Waals surface area contributed by atoms with Gasteiger partial charge in [0.2, 0.25) is 5.91 Å². The van der Waals surface area contributed by atoms with Crippen molar-refractivity contribution in [3.05, 3.63) is 0 Å². The highest BCUT2D eigenvalue weighted by Gasteiger charge is 2.21. The van der Waals surface area contributed by atoms with Crippen LogP contribution in [0.1, 0.15) is 26.2 Å². The van der Waals surface area contributed by atoms with Gasteiger partial charge in [0.25, 0.3) is 0 Å². The molecule has 7 heteroatoms. The van der Waals surface area contributed by atoms with Crippen molar-refractivity contribution in [2.75, 3.05) is 33.5 Å². The number of amides is 1. The van der Waals surface area contributed by atoms with E-state index in [1.807, 2.05) is 6.92 Å². The molecule has 1 unspecified atom stereocenters. The second-order valence-corrected chi connectivity index (χ2v) is 4.12. The second-order valence-electron chi connectivity index (χ2n) is 4.12. The maximum absolute atomic E-state index is 11.8. The highest BCUT2D eigenvalue weighted by Crippen LogP contribution is 2.06. The van der Waals surface area contributed by atoms with Crippen LogP contribution in [0.4, 0.5) is 0 Å². The molecule has 0 radical (unpaired) electrons. The first-order chi connectivity index (χ1) is 9.17. The van der Waals surface area contributed by atoms with E-state index >= 15 is 0 Å². The molecule has 0 aliphatic rings. The molecule has 0 fully saturated rings. The van der Waals surface area contributed by atoms with E-state index in [0.29, 0.717) is 39.2 Å². The number of oxime groups is 1. The van der Waals surface area contributed by atoms with E-state index in [2.05, 4.69) is 10.5 Å². The molecule has 7 nitrogen and oxygen atoms in total. The highest BCUT2D eigenvalue weighted by atomic mass is 16.5. The first kappa shape index (κ1) is 17.7. The number of nitrogens with one attached hydrogen (secondary N) is 1. The molecule has 112 valence electrons. The summed E-state index contributed by atoms with van der Waals surface area (Å²) in [6, 6.07) is 0. The minimum atomic E-state index is -0.565. The molecule has 1 amide bonds. The zero-order valence-corrected chi connectivity index (χ0v) is 11.7. The lowest BCUT2D eigenvalue weighted by molar-refractivity contribution is -0.123. The van der Waals surface area contributed by atoms with Gasteiger partial charge in [-0.15, -0.1) is 0 Å². The topological polar surface area (TPSA) is 106 Å². The number of amidine groups is 1. The van der Waals surface area contributed by atoms with Gasteiger partial charge in [0, 0.05) is 20.3 Å². The Kier molecular flexibility index (Phi) is 10.9. The molecule has 0 aliphatic carbocycles. The van der Waals surface area contributed by atoms with E-state index < -0.39 is 5.92 Å². The third-order valence-corrected chi connectivity index (χ3v) is 2.56. The van der Waals surface area contributed by atoms with E-state index in [1.165, 1.54) is 0 Å². The van der Waals surface area contributed by atoms with Crippen molar-refractivity contribution in [3.63, 3.8) is 0 Å². The molecular formula is C12H25N3O4. The lowest BCUT2D eigenvalue weighted by atomic mass is 10.0. The third kappa shape index (κ3) is 8.39. The number of ether oxygens (including phenoxy) is 2. The number of hydrogen-bond acceptors (Lipinski definition) is 5. The molecule has 0 saturated heterocycles. The zero-order chi connectivity index (χ0) is 14.5. The molecule has 0 aromatic heterocycles. The van der Waals surface area contributed by atoms with Crippen molar-refractivity contribution < 1.29 is 19.5 Å². The normalized spacial score (nSPS) is 13.3. The summed E-state index contributed by atoms with van der Waals surface area (Å²) in [5.41, 5.74) is 5.49. The number of carbonyl (C=O) groups is 1. The summed E-state index contributed by atoms with van der Waals surface area (Å²) in [5.74, 6) is -0.825. The molecule has 19 heavy (non-hydrogen) atoms. The van der Waals surface area contributed by atoms with Crippen LogP contribution in [0.15, 0.2) is 5.16 Å². The van der Waals surface area contributed by atoms with Crippen LogP contribution >= 0.6 is 0 Å². The minimum absolute atomic E-state index is 0.0457. The van der Waals surface area contributed by atoms with Crippen LogP contribution in [-0.2, 0) is 14.3 Å². The molecule has 0 heterocycles. The maximum atomic E-state index is 11.8. The average Bonchev–Trinajstić information content (AvgIpc) is 2.42. The minimum Gasteiger partial charge on any atom is -0.409 e. The molecule has 0 saturated carbocycles. The summed E-state index contributed by atoms with van der Waals surface area (Å²) >= 11 is 0. The van der Waals surface area contributed by atoms with E-state index in [1.54, 1.807) is 7.11 Å². The van der Waals surface area contributed by atoms with Crippen LogP contribution in [0.2, 0.25) is 0 Å². The Hall–Kier alpha value is -1.34. The Bertz CT molecular complexity index is 272. The van der Waals surface area contributed by atoms with Gasteiger partial charge < -0.3 is 25.7 Å². The van der Waals surface area contributed by atoms with Gasteiger partial charge in [-0.25, -0.2) is 0 Å². The molecule has 1 atom stereocenters. The zero-order valence-electron chi connectivity index (χ0n) is 11.7. The number of methoxy groups -OCH3 is 1. The predicted octanol–water partition coefficient (Wildman–Crippen LogP) is 0.318. The molecule has 0 aromatic rings. The van der Waals surface area contributed by atoms with Gasteiger partial charge >= 0.3 is 0 Å². The summed E-state index contributed by atoms with van der Waals surface area (Å²) in [5, 5.41) is 14.3. The number of hydrogen-bond donors (Lipinski definition) is 3. The SMILES string of the molecule is CCCC(C(=O)NCCCOCCOC)C(N)=NO. The van der Waals surface area contributed by atoms with Gasteiger partial charge in [-0.1, -0.05) is 18.5 Å². The Morgan fingerprint density at radius 2 is 2.16 bits per heavy atom. The fourth-order valence-electron chi connectivity index (χ4n) is 1.52. The van der Waals surface area contributed by atoms with E-state index in [-0.39, 0.29) is 11.7 Å². The molecule has 0 aliphatic heterocycles. The smallest absolute Gasteiger partial charge is 0.230 e. The van der Waals surface area contributed by atoms with E-state index in [0.717, 1.165) is 6.42 Å². The fourth-order valence-corrected chi connectivity index (χ4v) is 1.52. The van der Waals surface area contributed by atoms with Crippen molar-refractivity contribution in [2.24, 2.45) is 16.8 Å². The molecule has 0 rings (SSSR count). The quantitative estimate of drug-likeness (QED) is 0.165. The van der Waals surface area contributed by atoms with Crippen LogP contribution < -0.4 is 11.1 Å². The number of nitrogens with two attached hydrogens (primary N) is 1. The number of rotatable bonds is 11. The van der Waals surface area contributed by atoms with Crippen LogP contribution in [0, 0.1) is 5.92 Å². The predicted molar refractivity (Wildman–Crippen MR) is 72.1 cm³/mol. The van der Waals surface area contributed by atoms with Crippen molar-refractivity contribution >= 4 is 11.7 Å². The molecular weight excluding hydrogens is 250 g/mol. The van der Waals surface area contributed by atoms with Crippen molar-refractivity contribution in [2.45, 2.75) is 26.2 Å². The van der Waals surface area contributed by atoms with E-state index in [4.69, 9.17) is 20.4 Å². The number of nitrogens with zero attached hydrogens (tertiary/aromatic N) is 1. The van der Waals surface area contributed by atoms with Gasteiger partial charge in [0.1, 0.15) is 0 Å². The largest absolute Gasteiger partial charge is 0.409 e. The Balaban J connectivity index is 3.81. The molecule has 0 aromatic carbocycles. The fraction of sp³-hybridized carbons (Fsp3) is 0.833. The lowest BCUT2D eigenvalue weighted by Gasteiger charge is -2.14. The van der Waals surface area contributed by atoms with Gasteiger partial charge in [0.15, 0.2) is 5.84 Å². The third-order valence-electron chi connectivity index (χ3n) is 2.56. The lowest BCUT2D eigenvalue weighted by Crippen LogP contribution is -2.39. The highest BCUT2D eigenvalue weighted by molar-refractivity contribution is 6.01.